The van der Waals surface area contributed by atoms with Crippen molar-refractivity contribution in [2.24, 2.45) is 0 Å². The summed E-state index contributed by atoms with van der Waals surface area (Å²) in [4.78, 5) is 23.8. The van der Waals surface area contributed by atoms with Crippen LogP contribution in [0.25, 0.3) is 0 Å². The average Bonchev–Trinajstić information content (AvgIpc) is 2.34. The second-order valence-electron chi connectivity index (χ2n) is 3.24. The van der Waals surface area contributed by atoms with Crippen molar-refractivity contribution in [3.63, 3.8) is 0 Å². The molecule has 1 atom stereocenters. The molecule has 2 saturated heterocycles. The molecule has 0 aromatic heterocycles. The molecule has 2 fully saturated rings. The molecular weight excluding hydrogens is 142 g/mol. The number of hydrogen-bond donors (Lipinski definition) is 0. The SMILES string of the molecule is O=C1CCCC2CCC(=O)N12. The lowest BCUT2D eigenvalue weighted by Crippen LogP contribution is -2.41. The van der Waals surface area contributed by atoms with Gasteiger partial charge in [0.05, 0.1) is 0 Å². The van der Waals surface area contributed by atoms with E-state index in [9.17, 15) is 9.59 Å². The molecule has 0 spiro atoms. The van der Waals surface area contributed by atoms with E-state index in [1.165, 1.54) is 4.90 Å². The highest BCUT2D eigenvalue weighted by molar-refractivity contribution is 5.97. The molecule has 2 aliphatic heterocycles. The summed E-state index contributed by atoms with van der Waals surface area (Å²) in [6.45, 7) is 0. The van der Waals surface area contributed by atoms with E-state index >= 15 is 0 Å². The molecule has 3 heteroatoms. The number of carbonyl (C=O) groups is 2. The van der Waals surface area contributed by atoms with Gasteiger partial charge in [-0.25, -0.2) is 0 Å². The second-order valence-corrected chi connectivity index (χ2v) is 3.24. The number of fused-ring (bicyclic) bond motifs is 1. The van der Waals surface area contributed by atoms with Crippen LogP contribution in [0.15, 0.2) is 0 Å². The first kappa shape index (κ1) is 6.83. The van der Waals surface area contributed by atoms with Gasteiger partial charge in [0, 0.05) is 18.9 Å². The van der Waals surface area contributed by atoms with Crippen molar-refractivity contribution in [3.8, 4) is 0 Å². The van der Waals surface area contributed by atoms with E-state index in [2.05, 4.69) is 0 Å². The molecular formula is C8H11NO2. The lowest BCUT2D eigenvalue weighted by Gasteiger charge is -2.27. The van der Waals surface area contributed by atoms with Crippen LogP contribution in [0, 0.1) is 0 Å². The number of piperidine rings is 1. The lowest BCUT2D eigenvalue weighted by molar-refractivity contribution is -0.145. The third kappa shape index (κ3) is 0.951. The average molecular weight is 153 g/mol. The molecule has 2 aliphatic rings. The van der Waals surface area contributed by atoms with Gasteiger partial charge in [-0.05, 0) is 19.3 Å². The molecule has 2 heterocycles. The highest BCUT2D eigenvalue weighted by Gasteiger charge is 2.37. The Morgan fingerprint density at radius 1 is 1.09 bits per heavy atom. The van der Waals surface area contributed by atoms with Gasteiger partial charge in [-0.2, -0.15) is 0 Å². The van der Waals surface area contributed by atoms with E-state index in [-0.39, 0.29) is 17.9 Å². The largest absolute Gasteiger partial charge is 0.280 e. The van der Waals surface area contributed by atoms with Crippen LogP contribution in [0.2, 0.25) is 0 Å². The van der Waals surface area contributed by atoms with Gasteiger partial charge in [0.15, 0.2) is 0 Å². The summed E-state index contributed by atoms with van der Waals surface area (Å²) in [6, 6.07) is 0.253. The topological polar surface area (TPSA) is 37.4 Å². The maximum Gasteiger partial charge on any atom is 0.229 e. The van der Waals surface area contributed by atoms with E-state index < -0.39 is 0 Å². The zero-order chi connectivity index (χ0) is 7.84. The molecule has 0 saturated carbocycles. The van der Waals surface area contributed by atoms with Crippen LogP contribution >= 0.6 is 0 Å². The molecule has 11 heavy (non-hydrogen) atoms. The number of hydrogen-bond acceptors (Lipinski definition) is 2. The summed E-state index contributed by atoms with van der Waals surface area (Å²) in [5.41, 5.74) is 0. The minimum Gasteiger partial charge on any atom is -0.280 e. The highest BCUT2D eigenvalue weighted by Crippen LogP contribution is 2.28. The number of nitrogens with zero attached hydrogens (tertiary/aromatic N) is 1. The first-order valence-electron chi connectivity index (χ1n) is 4.14. The molecule has 3 nitrogen and oxygen atoms in total. The molecule has 0 aliphatic carbocycles. The van der Waals surface area contributed by atoms with Crippen LogP contribution in [0.4, 0.5) is 0 Å². The summed E-state index contributed by atoms with van der Waals surface area (Å²) in [6.07, 6.45) is 4.04. The minimum absolute atomic E-state index is 0.0414. The minimum atomic E-state index is 0.0414. The van der Waals surface area contributed by atoms with Crippen LogP contribution in [-0.2, 0) is 9.59 Å². The summed E-state index contributed by atoms with van der Waals surface area (Å²) in [5.74, 6) is 0.0865. The van der Waals surface area contributed by atoms with Gasteiger partial charge in [0.25, 0.3) is 0 Å². The Hall–Kier alpha value is -0.860. The molecule has 0 bridgehead atoms. The number of amides is 2. The van der Waals surface area contributed by atoms with Crippen LogP contribution in [0.3, 0.4) is 0 Å². The smallest absolute Gasteiger partial charge is 0.229 e. The van der Waals surface area contributed by atoms with Gasteiger partial charge >= 0.3 is 0 Å². The Morgan fingerprint density at radius 3 is 2.55 bits per heavy atom. The monoisotopic (exact) mass is 153 g/mol. The van der Waals surface area contributed by atoms with Gasteiger partial charge in [-0.1, -0.05) is 0 Å². The third-order valence-corrected chi connectivity index (χ3v) is 2.52. The van der Waals surface area contributed by atoms with Crippen molar-refractivity contribution in [2.75, 3.05) is 0 Å². The van der Waals surface area contributed by atoms with Crippen LogP contribution < -0.4 is 0 Å². The predicted molar refractivity (Wildman–Crippen MR) is 38.7 cm³/mol. The molecule has 0 aromatic carbocycles. The first-order chi connectivity index (χ1) is 5.29. The molecule has 1 unspecified atom stereocenters. The standard InChI is InChI=1S/C8H11NO2/c10-7-3-1-2-6-4-5-8(11)9(6)7/h6H,1-5H2. The molecule has 0 N–H and O–H groups in total. The number of imide groups is 1. The van der Waals surface area contributed by atoms with E-state index in [4.69, 9.17) is 0 Å². The quantitative estimate of drug-likeness (QED) is 0.480. The maximum atomic E-state index is 11.2. The Morgan fingerprint density at radius 2 is 1.82 bits per heavy atom. The molecule has 0 radical (unpaired) electrons. The molecule has 2 rings (SSSR count). The van der Waals surface area contributed by atoms with E-state index in [0.717, 1.165) is 19.3 Å². The Bertz CT molecular complexity index is 212. The second kappa shape index (κ2) is 2.32. The van der Waals surface area contributed by atoms with Gasteiger partial charge in [0.1, 0.15) is 0 Å². The Kier molecular flexibility index (Phi) is 1.44. The van der Waals surface area contributed by atoms with Crippen molar-refractivity contribution < 1.29 is 9.59 Å². The Balaban J connectivity index is 2.21. The highest BCUT2D eigenvalue weighted by atomic mass is 16.2. The summed E-state index contributed by atoms with van der Waals surface area (Å²) < 4.78 is 0. The van der Waals surface area contributed by atoms with Crippen molar-refractivity contribution >= 4 is 11.8 Å². The van der Waals surface area contributed by atoms with Crippen LogP contribution in [0.5, 0.6) is 0 Å². The zero-order valence-corrected chi connectivity index (χ0v) is 6.38. The van der Waals surface area contributed by atoms with E-state index in [0.29, 0.717) is 12.8 Å². The molecule has 0 aromatic rings. The van der Waals surface area contributed by atoms with Gasteiger partial charge in [-0.3, -0.25) is 14.5 Å². The van der Waals surface area contributed by atoms with Gasteiger partial charge < -0.3 is 0 Å². The normalized spacial score (nSPS) is 30.9. The number of rotatable bonds is 0. The summed E-state index contributed by atoms with van der Waals surface area (Å²) in [5, 5.41) is 0. The first-order valence-corrected chi connectivity index (χ1v) is 4.14. The fourth-order valence-electron chi connectivity index (χ4n) is 1.97. The fraction of sp³-hybridized carbons (Fsp3) is 0.750. The molecule has 2 amide bonds. The maximum absolute atomic E-state index is 11.2. The zero-order valence-electron chi connectivity index (χ0n) is 6.38. The van der Waals surface area contributed by atoms with Crippen LogP contribution in [-0.4, -0.2) is 22.8 Å². The van der Waals surface area contributed by atoms with E-state index in [1.807, 2.05) is 0 Å². The van der Waals surface area contributed by atoms with Crippen molar-refractivity contribution in [3.05, 3.63) is 0 Å². The van der Waals surface area contributed by atoms with Crippen molar-refractivity contribution in [1.82, 2.24) is 4.90 Å². The fourth-order valence-corrected chi connectivity index (χ4v) is 1.97. The Labute approximate surface area is 65.4 Å². The van der Waals surface area contributed by atoms with Crippen molar-refractivity contribution in [2.45, 2.75) is 38.1 Å². The molecule has 60 valence electrons. The van der Waals surface area contributed by atoms with E-state index in [1.54, 1.807) is 0 Å². The van der Waals surface area contributed by atoms with Gasteiger partial charge in [0.2, 0.25) is 11.8 Å². The number of carbonyl (C=O) groups excluding carboxylic acids is 2. The van der Waals surface area contributed by atoms with Crippen molar-refractivity contribution in [1.29, 1.82) is 0 Å². The van der Waals surface area contributed by atoms with Crippen LogP contribution in [0.1, 0.15) is 32.1 Å². The lowest BCUT2D eigenvalue weighted by atomic mass is 10.0. The third-order valence-electron chi connectivity index (χ3n) is 2.52. The predicted octanol–water partition coefficient (Wildman–Crippen LogP) is 0.688. The summed E-state index contributed by atoms with van der Waals surface area (Å²) >= 11 is 0. The summed E-state index contributed by atoms with van der Waals surface area (Å²) in [7, 11) is 0. The van der Waals surface area contributed by atoms with Gasteiger partial charge in [-0.15, -0.1) is 0 Å².